The quantitative estimate of drug-likeness (QED) is 0.903. The van der Waals surface area contributed by atoms with Crippen molar-refractivity contribution in [3.63, 3.8) is 0 Å². The van der Waals surface area contributed by atoms with Gasteiger partial charge in [0.25, 0.3) is 0 Å². The molecule has 2 rings (SSSR count). The molecule has 0 aliphatic rings. The van der Waals surface area contributed by atoms with E-state index < -0.39 is 0 Å². The molecule has 108 valence electrons. The average molecular weight is 341 g/mol. The summed E-state index contributed by atoms with van der Waals surface area (Å²) in [5, 5.41) is 0. The highest BCUT2D eigenvalue weighted by atomic mass is 79.9. The van der Waals surface area contributed by atoms with Crippen LogP contribution in [0, 0.1) is 12.7 Å². The highest BCUT2D eigenvalue weighted by molar-refractivity contribution is 9.10. The van der Waals surface area contributed by atoms with Crippen LogP contribution in [0.4, 0.5) is 4.39 Å². The third kappa shape index (κ3) is 3.29. The van der Waals surface area contributed by atoms with Gasteiger partial charge in [0, 0.05) is 34.7 Å². The van der Waals surface area contributed by atoms with Gasteiger partial charge in [-0.1, -0.05) is 15.9 Å². The molecule has 2 N–H and O–H groups in total. The predicted octanol–water partition coefficient (Wildman–Crippen LogP) is 3.62. The molecule has 3 nitrogen and oxygen atoms in total. The summed E-state index contributed by atoms with van der Waals surface area (Å²) in [6.07, 6.45) is 1.66. The van der Waals surface area contributed by atoms with E-state index in [4.69, 9.17) is 10.2 Å². The lowest BCUT2D eigenvalue weighted by Crippen LogP contribution is -2.31. The van der Waals surface area contributed by atoms with E-state index in [0.29, 0.717) is 18.7 Å². The second kappa shape index (κ2) is 6.52. The molecule has 1 aromatic heterocycles. The summed E-state index contributed by atoms with van der Waals surface area (Å²) in [4.78, 5) is 2.03. The zero-order chi connectivity index (χ0) is 14.7. The van der Waals surface area contributed by atoms with E-state index in [-0.39, 0.29) is 11.9 Å². The Bertz CT molecular complexity index is 585. The number of nitrogens with two attached hydrogens (primary N) is 1. The molecular formula is C15H18BrFN2O. The molecule has 0 aliphatic heterocycles. The van der Waals surface area contributed by atoms with Crippen LogP contribution in [0.5, 0.6) is 0 Å². The van der Waals surface area contributed by atoms with Gasteiger partial charge in [-0.15, -0.1) is 0 Å². The highest BCUT2D eigenvalue weighted by Crippen LogP contribution is 2.26. The molecular weight excluding hydrogens is 323 g/mol. The first-order valence-electron chi connectivity index (χ1n) is 6.41. The molecule has 20 heavy (non-hydrogen) atoms. The van der Waals surface area contributed by atoms with E-state index in [1.54, 1.807) is 18.4 Å². The van der Waals surface area contributed by atoms with Gasteiger partial charge in [-0.25, -0.2) is 4.39 Å². The first-order valence-corrected chi connectivity index (χ1v) is 7.20. The monoisotopic (exact) mass is 340 g/mol. The van der Waals surface area contributed by atoms with Crippen molar-refractivity contribution in [1.29, 1.82) is 0 Å². The Balaban J connectivity index is 2.23. The van der Waals surface area contributed by atoms with Crippen molar-refractivity contribution >= 4 is 15.9 Å². The highest BCUT2D eigenvalue weighted by Gasteiger charge is 2.20. The summed E-state index contributed by atoms with van der Waals surface area (Å²) in [5.41, 5.74) is 7.53. The van der Waals surface area contributed by atoms with Crippen molar-refractivity contribution in [1.82, 2.24) is 4.90 Å². The van der Waals surface area contributed by atoms with E-state index in [2.05, 4.69) is 15.9 Å². The maximum absolute atomic E-state index is 14.0. The SMILES string of the molecule is Cc1occc1CN(C)C(CN)c1cc(Br)ccc1F. The summed E-state index contributed by atoms with van der Waals surface area (Å²) < 4.78 is 20.1. The molecule has 1 atom stereocenters. The second-order valence-electron chi connectivity index (χ2n) is 4.83. The molecule has 0 saturated carbocycles. The van der Waals surface area contributed by atoms with Crippen LogP contribution < -0.4 is 5.73 Å². The van der Waals surface area contributed by atoms with E-state index in [9.17, 15) is 4.39 Å². The zero-order valence-electron chi connectivity index (χ0n) is 11.6. The van der Waals surface area contributed by atoms with E-state index >= 15 is 0 Å². The van der Waals surface area contributed by atoms with Crippen LogP contribution in [0.2, 0.25) is 0 Å². The Hall–Kier alpha value is -1.17. The van der Waals surface area contributed by atoms with Crippen LogP contribution in [0.1, 0.15) is 22.9 Å². The third-order valence-electron chi connectivity index (χ3n) is 3.46. The number of rotatable bonds is 5. The van der Waals surface area contributed by atoms with Crippen LogP contribution in [0.3, 0.4) is 0 Å². The Morgan fingerprint density at radius 2 is 2.15 bits per heavy atom. The van der Waals surface area contributed by atoms with Gasteiger partial charge in [-0.3, -0.25) is 4.90 Å². The second-order valence-corrected chi connectivity index (χ2v) is 5.75. The van der Waals surface area contributed by atoms with Crippen LogP contribution in [0.25, 0.3) is 0 Å². The van der Waals surface area contributed by atoms with Crippen molar-refractivity contribution in [2.24, 2.45) is 5.73 Å². The maximum Gasteiger partial charge on any atom is 0.128 e. The lowest BCUT2D eigenvalue weighted by Gasteiger charge is -2.27. The van der Waals surface area contributed by atoms with Gasteiger partial charge in [0.15, 0.2) is 0 Å². The molecule has 5 heteroatoms. The normalized spacial score (nSPS) is 12.9. The van der Waals surface area contributed by atoms with Gasteiger partial charge in [-0.05, 0) is 38.2 Å². The number of hydrogen-bond acceptors (Lipinski definition) is 3. The molecule has 0 saturated heterocycles. The lowest BCUT2D eigenvalue weighted by atomic mass is 10.0. The van der Waals surface area contributed by atoms with Crippen LogP contribution in [-0.4, -0.2) is 18.5 Å². The molecule has 0 aliphatic carbocycles. The van der Waals surface area contributed by atoms with Gasteiger partial charge in [0.1, 0.15) is 11.6 Å². The maximum atomic E-state index is 14.0. The summed E-state index contributed by atoms with van der Waals surface area (Å²) in [6, 6.07) is 6.68. The lowest BCUT2D eigenvalue weighted by molar-refractivity contribution is 0.235. The van der Waals surface area contributed by atoms with Gasteiger partial charge in [-0.2, -0.15) is 0 Å². The fourth-order valence-corrected chi connectivity index (χ4v) is 2.65. The molecule has 2 aromatic rings. The molecule has 0 fully saturated rings. The third-order valence-corrected chi connectivity index (χ3v) is 3.95. The molecule has 0 bridgehead atoms. The minimum Gasteiger partial charge on any atom is -0.469 e. The summed E-state index contributed by atoms with van der Waals surface area (Å²) >= 11 is 3.37. The summed E-state index contributed by atoms with van der Waals surface area (Å²) in [6.45, 7) is 2.93. The van der Waals surface area contributed by atoms with E-state index in [0.717, 1.165) is 15.8 Å². The Kier molecular flexibility index (Phi) is 4.96. The number of furan rings is 1. The minimum atomic E-state index is -0.237. The molecule has 1 heterocycles. The molecule has 0 radical (unpaired) electrons. The smallest absolute Gasteiger partial charge is 0.128 e. The Morgan fingerprint density at radius 1 is 1.40 bits per heavy atom. The topological polar surface area (TPSA) is 42.4 Å². The van der Waals surface area contributed by atoms with Gasteiger partial charge >= 0.3 is 0 Å². The first-order chi connectivity index (χ1) is 9.52. The molecule has 1 unspecified atom stereocenters. The zero-order valence-corrected chi connectivity index (χ0v) is 13.2. The Morgan fingerprint density at radius 3 is 2.75 bits per heavy atom. The van der Waals surface area contributed by atoms with Crippen molar-refractivity contribution in [2.75, 3.05) is 13.6 Å². The number of benzene rings is 1. The summed E-state index contributed by atoms with van der Waals surface area (Å²) in [7, 11) is 1.93. The number of nitrogens with zero attached hydrogens (tertiary/aromatic N) is 1. The standard InChI is InChI=1S/C15H18BrFN2O/c1-10-11(5-6-20-10)9-19(2)15(8-18)13-7-12(16)3-4-14(13)17/h3-7,15H,8-9,18H2,1-2H3. The van der Waals surface area contributed by atoms with E-state index in [1.807, 2.05) is 24.9 Å². The molecule has 1 aromatic carbocycles. The van der Waals surface area contributed by atoms with Gasteiger partial charge in [0.05, 0.1) is 6.26 Å². The summed E-state index contributed by atoms with van der Waals surface area (Å²) in [5.74, 6) is 0.641. The first kappa shape index (κ1) is 15.2. The van der Waals surface area contributed by atoms with E-state index in [1.165, 1.54) is 6.07 Å². The van der Waals surface area contributed by atoms with Crippen molar-refractivity contribution in [3.8, 4) is 0 Å². The van der Waals surface area contributed by atoms with Crippen molar-refractivity contribution in [3.05, 3.63) is 57.7 Å². The molecule has 0 spiro atoms. The molecule has 0 amide bonds. The predicted molar refractivity (Wildman–Crippen MR) is 80.8 cm³/mol. The van der Waals surface area contributed by atoms with Gasteiger partial charge in [0.2, 0.25) is 0 Å². The number of halogens is 2. The largest absolute Gasteiger partial charge is 0.469 e. The van der Waals surface area contributed by atoms with Crippen LogP contribution in [0.15, 0.2) is 39.4 Å². The fraction of sp³-hybridized carbons (Fsp3) is 0.333. The number of aryl methyl sites for hydroxylation is 1. The Labute approximate surface area is 126 Å². The van der Waals surface area contributed by atoms with Gasteiger partial charge < -0.3 is 10.2 Å². The van der Waals surface area contributed by atoms with Crippen molar-refractivity contribution in [2.45, 2.75) is 19.5 Å². The van der Waals surface area contributed by atoms with Crippen molar-refractivity contribution < 1.29 is 8.81 Å². The fourth-order valence-electron chi connectivity index (χ4n) is 2.27. The van der Waals surface area contributed by atoms with Crippen LogP contribution in [-0.2, 0) is 6.54 Å². The number of likely N-dealkylation sites (N-methyl/N-ethyl adjacent to an activating group) is 1. The average Bonchev–Trinajstić information content (AvgIpc) is 2.80. The minimum absolute atomic E-state index is 0.179. The number of hydrogen-bond donors (Lipinski definition) is 1. The van der Waals surface area contributed by atoms with Crippen LogP contribution >= 0.6 is 15.9 Å².